The number of carbonyl (C=O) groups is 1. The number of hydrogen-bond donors (Lipinski definition) is 2. The van der Waals surface area contributed by atoms with Crippen LogP contribution in [0.15, 0.2) is 29.4 Å². The number of hydrogen-bond acceptors (Lipinski definition) is 4. The van der Waals surface area contributed by atoms with Gasteiger partial charge in [-0.1, -0.05) is 36.2 Å². The van der Waals surface area contributed by atoms with Gasteiger partial charge in [0.1, 0.15) is 0 Å². The van der Waals surface area contributed by atoms with Gasteiger partial charge in [-0.15, -0.1) is 0 Å². The standard InChI is InChI=1S/C16H23N3O2S/c1-13-7-9-14(10-8-13)12-18-19-16(22)17-11-5-3-4-6-15(20)21-2/h7-10,12H,3-6,11H2,1-2H3,(H2,17,19,22)/b18-12-. The number of nitrogens with one attached hydrogen (secondary N) is 2. The summed E-state index contributed by atoms with van der Waals surface area (Å²) < 4.78 is 4.58. The zero-order valence-electron chi connectivity index (χ0n) is 13.1. The van der Waals surface area contributed by atoms with E-state index in [4.69, 9.17) is 12.2 Å². The predicted molar refractivity (Wildman–Crippen MR) is 93.0 cm³/mol. The molecule has 1 aromatic rings. The van der Waals surface area contributed by atoms with E-state index in [9.17, 15) is 4.79 Å². The topological polar surface area (TPSA) is 62.7 Å². The summed E-state index contributed by atoms with van der Waals surface area (Å²) in [6.45, 7) is 2.80. The fraction of sp³-hybridized carbons (Fsp3) is 0.438. The third kappa shape index (κ3) is 8.36. The van der Waals surface area contributed by atoms with Gasteiger partial charge in [-0.25, -0.2) is 0 Å². The smallest absolute Gasteiger partial charge is 0.305 e. The first-order valence-corrected chi connectivity index (χ1v) is 7.73. The molecule has 0 saturated heterocycles. The fourth-order valence-electron chi connectivity index (χ4n) is 1.73. The Balaban J connectivity index is 2.08. The molecule has 0 heterocycles. The fourth-order valence-corrected chi connectivity index (χ4v) is 1.89. The van der Waals surface area contributed by atoms with Crippen LogP contribution in [-0.2, 0) is 9.53 Å². The lowest BCUT2D eigenvalue weighted by Crippen LogP contribution is -2.32. The van der Waals surface area contributed by atoms with Crippen LogP contribution in [0.4, 0.5) is 0 Å². The van der Waals surface area contributed by atoms with Crippen LogP contribution in [-0.4, -0.2) is 31.0 Å². The van der Waals surface area contributed by atoms with Gasteiger partial charge < -0.3 is 10.1 Å². The molecule has 0 amide bonds. The number of hydrazone groups is 1. The maximum absolute atomic E-state index is 10.9. The van der Waals surface area contributed by atoms with Crippen molar-refractivity contribution in [2.24, 2.45) is 5.10 Å². The zero-order valence-corrected chi connectivity index (χ0v) is 13.9. The number of methoxy groups -OCH3 is 1. The lowest BCUT2D eigenvalue weighted by molar-refractivity contribution is -0.140. The number of rotatable bonds is 8. The van der Waals surface area contributed by atoms with E-state index in [-0.39, 0.29) is 5.97 Å². The highest BCUT2D eigenvalue weighted by Crippen LogP contribution is 2.00. The van der Waals surface area contributed by atoms with Crippen molar-refractivity contribution in [1.82, 2.24) is 10.7 Å². The summed E-state index contributed by atoms with van der Waals surface area (Å²) in [7, 11) is 1.41. The molecule has 0 saturated carbocycles. The van der Waals surface area contributed by atoms with Gasteiger partial charge in [-0.2, -0.15) is 5.10 Å². The Morgan fingerprint density at radius 2 is 2.00 bits per heavy atom. The normalized spacial score (nSPS) is 10.5. The Morgan fingerprint density at radius 3 is 2.68 bits per heavy atom. The Hall–Kier alpha value is -1.95. The molecule has 0 aliphatic carbocycles. The molecule has 0 spiro atoms. The van der Waals surface area contributed by atoms with E-state index in [0.29, 0.717) is 11.5 Å². The first kappa shape index (κ1) is 18.1. The van der Waals surface area contributed by atoms with Crippen LogP contribution in [0, 0.1) is 6.92 Å². The highest BCUT2D eigenvalue weighted by atomic mass is 32.1. The summed E-state index contributed by atoms with van der Waals surface area (Å²) in [4.78, 5) is 10.9. The number of carbonyl (C=O) groups excluding carboxylic acids is 1. The predicted octanol–water partition coefficient (Wildman–Crippen LogP) is 2.53. The quantitative estimate of drug-likeness (QED) is 0.253. The van der Waals surface area contributed by atoms with E-state index in [2.05, 4.69) is 20.6 Å². The summed E-state index contributed by atoms with van der Waals surface area (Å²) in [5, 5.41) is 7.65. The van der Waals surface area contributed by atoms with Crippen LogP contribution < -0.4 is 10.7 Å². The van der Waals surface area contributed by atoms with Gasteiger partial charge in [0.15, 0.2) is 5.11 Å². The summed E-state index contributed by atoms with van der Waals surface area (Å²) in [6.07, 6.45) is 4.93. The van der Waals surface area contributed by atoms with Gasteiger partial charge >= 0.3 is 5.97 Å². The number of ether oxygens (including phenoxy) is 1. The van der Waals surface area contributed by atoms with Gasteiger partial charge in [0.25, 0.3) is 0 Å². The molecule has 0 aliphatic rings. The van der Waals surface area contributed by atoms with Crippen LogP contribution in [0.3, 0.4) is 0 Å². The lowest BCUT2D eigenvalue weighted by Gasteiger charge is -2.06. The van der Waals surface area contributed by atoms with E-state index in [1.807, 2.05) is 31.2 Å². The Bertz CT molecular complexity index is 501. The van der Waals surface area contributed by atoms with Crippen molar-refractivity contribution in [3.8, 4) is 0 Å². The minimum atomic E-state index is -0.157. The molecule has 1 rings (SSSR count). The minimum absolute atomic E-state index is 0.157. The Kier molecular flexibility index (Phi) is 8.83. The van der Waals surface area contributed by atoms with Crippen LogP contribution in [0.5, 0.6) is 0 Å². The van der Waals surface area contributed by atoms with E-state index in [1.165, 1.54) is 12.7 Å². The second kappa shape index (κ2) is 10.7. The lowest BCUT2D eigenvalue weighted by atomic mass is 10.2. The van der Waals surface area contributed by atoms with Crippen LogP contribution in [0.25, 0.3) is 0 Å². The number of esters is 1. The molecule has 1 aromatic carbocycles. The molecule has 0 atom stereocenters. The maximum Gasteiger partial charge on any atom is 0.305 e. The van der Waals surface area contributed by atoms with Crippen LogP contribution in [0.2, 0.25) is 0 Å². The molecule has 22 heavy (non-hydrogen) atoms. The summed E-state index contributed by atoms with van der Waals surface area (Å²) >= 11 is 5.12. The van der Waals surface area contributed by atoms with Crippen molar-refractivity contribution in [2.45, 2.75) is 32.6 Å². The molecule has 0 fully saturated rings. The number of unbranched alkanes of at least 4 members (excludes halogenated alkanes) is 2. The average molecular weight is 321 g/mol. The van der Waals surface area contributed by atoms with Gasteiger partial charge in [-0.3, -0.25) is 10.2 Å². The summed E-state index contributed by atoms with van der Waals surface area (Å²) in [6, 6.07) is 8.06. The van der Waals surface area contributed by atoms with Crippen LogP contribution in [0.1, 0.15) is 36.8 Å². The van der Waals surface area contributed by atoms with E-state index < -0.39 is 0 Å². The van der Waals surface area contributed by atoms with Crippen molar-refractivity contribution >= 4 is 29.5 Å². The molecule has 2 N–H and O–H groups in total. The highest BCUT2D eigenvalue weighted by Gasteiger charge is 1.99. The molecule has 0 bridgehead atoms. The van der Waals surface area contributed by atoms with Gasteiger partial charge in [0.2, 0.25) is 0 Å². The molecule has 5 nitrogen and oxygen atoms in total. The average Bonchev–Trinajstić information content (AvgIpc) is 2.52. The largest absolute Gasteiger partial charge is 0.469 e. The van der Waals surface area contributed by atoms with Crippen LogP contribution >= 0.6 is 12.2 Å². The monoisotopic (exact) mass is 321 g/mol. The first-order chi connectivity index (χ1) is 10.6. The SMILES string of the molecule is COC(=O)CCCCCNC(=S)N/N=C\c1ccc(C)cc1. The third-order valence-electron chi connectivity index (χ3n) is 3.03. The number of nitrogens with zero attached hydrogens (tertiary/aromatic N) is 1. The molecule has 6 heteroatoms. The number of thiocarbonyl (C=S) groups is 1. The van der Waals surface area contributed by atoms with Crippen molar-refractivity contribution in [3.63, 3.8) is 0 Å². The van der Waals surface area contributed by atoms with Gasteiger partial charge in [0.05, 0.1) is 13.3 Å². The number of benzene rings is 1. The molecule has 0 aliphatic heterocycles. The molecule has 120 valence electrons. The Labute approximate surface area is 137 Å². The van der Waals surface area contributed by atoms with E-state index in [0.717, 1.165) is 31.4 Å². The van der Waals surface area contributed by atoms with E-state index >= 15 is 0 Å². The first-order valence-electron chi connectivity index (χ1n) is 7.32. The summed E-state index contributed by atoms with van der Waals surface area (Å²) in [5.74, 6) is -0.157. The van der Waals surface area contributed by atoms with E-state index in [1.54, 1.807) is 6.21 Å². The highest BCUT2D eigenvalue weighted by molar-refractivity contribution is 7.80. The minimum Gasteiger partial charge on any atom is -0.469 e. The van der Waals surface area contributed by atoms with Gasteiger partial charge in [-0.05, 0) is 37.5 Å². The second-order valence-corrected chi connectivity index (χ2v) is 5.33. The molecular formula is C16H23N3O2S. The van der Waals surface area contributed by atoms with Crippen molar-refractivity contribution < 1.29 is 9.53 Å². The van der Waals surface area contributed by atoms with Crippen molar-refractivity contribution in [2.75, 3.05) is 13.7 Å². The van der Waals surface area contributed by atoms with Crippen molar-refractivity contribution in [3.05, 3.63) is 35.4 Å². The van der Waals surface area contributed by atoms with Gasteiger partial charge in [0, 0.05) is 13.0 Å². The maximum atomic E-state index is 10.9. The number of aryl methyl sites for hydroxylation is 1. The van der Waals surface area contributed by atoms with Crippen molar-refractivity contribution in [1.29, 1.82) is 0 Å². The zero-order chi connectivity index (χ0) is 16.2. The second-order valence-electron chi connectivity index (χ2n) is 4.92. The summed E-state index contributed by atoms with van der Waals surface area (Å²) in [5.41, 5.74) is 5.01. The molecule has 0 aromatic heterocycles. The molecule has 0 radical (unpaired) electrons. The molecular weight excluding hydrogens is 298 g/mol. The third-order valence-corrected chi connectivity index (χ3v) is 3.26. The Morgan fingerprint density at radius 1 is 1.27 bits per heavy atom. The molecule has 0 unspecified atom stereocenters.